The molecule has 5 nitrogen and oxygen atoms in total. The van der Waals surface area contributed by atoms with Gasteiger partial charge in [0.05, 0.1) is 16.7 Å². The van der Waals surface area contributed by atoms with Crippen molar-refractivity contribution in [3.63, 3.8) is 0 Å². The van der Waals surface area contributed by atoms with Gasteiger partial charge in [-0.15, -0.1) is 11.3 Å². The van der Waals surface area contributed by atoms with Crippen LogP contribution in [0.3, 0.4) is 0 Å². The molecule has 0 aliphatic carbocycles. The number of thiophene rings is 1. The predicted octanol–water partition coefficient (Wildman–Crippen LogP) is 5.08. The summed E-state index contributed by atoms with van der Waals surface area (Å²) in [4.78, 5) is 28.8. The highest BCUT2D eigenvalue weighted by Crippen LogP contribution is 2.32. The number of aromatic amines is 1. The number of thiazole rings is 1. The zero-order valence-corrected chi connectivity index (χ0v) is 17.1. The number of nitrogens with zero attached hydrogens (tertiary/aromatic N) is 3. The molecule has 1 atom stereocenters. The van der Waals surface area contributed by atoms with Crippen molar-refractivity contribution in [1.82, 2.24) is 19.9 Å². The maximum atomic E-state index is 13.2. The second-order valence-corrected chi connectivity index (χ2v) is 8.95. The van der Waals surface area contributed by atoms with Gasteiger partial charge in [0, 0.05) is 30.0 Å². The molecule has 1 N–H and O–H groups in total. The van der Waals surface area contributed by atoms with Crippen LogP contribution in [0.25, 0.3) is 21.6 Å². The van der Waals surface area contributed by atoms with Crippen molar-refractivity contribution in [2.75, 3.05) is 13.1 Å². The number of hydrogen-bond donors (Lipinski definition) is 1. The van der Waals surface area contributed by atoms with Crippen molar-refractivity contribution in [2.45, 2.75) is 25.7 Å². The first-order valence-corrected chi connectivity index (χ1v) is 11.2. The van der Waals surface area contributed by atoms with Gasteiger partial charge in [-0.2, -0.15) is 11.3 Å². The molecule has 1 aromatic carbocycles. The minimum absolute atomic E-state index is 0.0947. The maximum Gasteiger partial charge on any atom is 0.265 e. The number of benzene rings is 1. The van der Waals surface area contributed by atoms with E-state index in [0.29, 0.717) is 6.54 Å². The number of likely N-dealkylation sites (tertiary alicyclic amines) is 1. The summed E-state index contributed by atoms with van der Waals surface area (Å²) in [7, 11) is 0. The van der Waals surface area contributed by atoms with Crippen LogP contribution in [0.2, 0.25) is 0 Å². The number of H-pyrrole nitrogens is 1. The van der Waals surface area contributed by atoms with Crippen molar-refractivity contribution in [3.05, 3.63) is 57.5 Å². The lowest BCUT2D eigenvalue weighted by Gasteiger charge is -2.31. The normalized spacial score (nSPS) is 17.3. The van der Waals surface area contributed by atoms with Gasteiger partial charge in [-0.25, -0.2) is 9.97 Å². The van der Waals surface area contributed by atoms with Crippen molar-refractivity contribution < 1.29 is 4.79 Å². The highest BCUT2D eigenvalue weighted by atomic mass is 32.1. The van der Waals surface area contributed by atoms with Gasteiger partial charge in [-0.3, -0.25) is 4.79 Å². The number of amides is 1. The zero-order chi connectivity index (χ0) is 19.1. The molecule has 4 heterocycles. The molecule has 7 heteroatoms. The minimum atomic E-state index is 0.0947. The van der Waals surface area contributed by atoms with E-state index in [1.807, 2.05) is 41.5 Å². The lowest BCUT2D eigenvalue weighted by molar-refractivity contribution is 0.0709. The second kappa shape index (κ2) is 7.14. The number of carbonyl (C=O) groups is 1. The first-order chi connectivity index (χ1) is 13.7. The average Bonchev–Trinajstić information content (AvgIpc) is 3.46. The fourth-order valence-electron chi connectivity index (χ4n) is 3.80. The predicted molar refractivity (Wildman–Crippen MR) is 114 cm³/mol. The van der Waals surface area contributed by atoms with Gasteiger partial charge in [0.15, 0.2) is 0 Å². The molecule has 1 aliphatic heterocycles. The molecular weight excluding hydrogens is 388 g/mol. The number of hydrogen-bond acceptors (Lipinski definition) is 5. The highest BCUT2D eigenvalue weighted by Gasteiger charge is 2.29. The summed E-state index contributed by atoms with van der Waals surface area (Å²) in [6.07, 6.45) is 2.04. The molecule has 1 fully saturated rings. The lowest BCUT2D eigenvalue weighted by Crippen LogP contribution is -2.39. The summed E-state index contributed by atoms with van der Waals surface area (Å²) in [5.74, 6) is 1.32. The number of imidazole rings is 1. The van der Waals surface area contributed by atoms with E-state index in [1.54, 1.807) is 11.3 Å². The van der Waals surface area contributed by atoms with E-state index in [1.165, 1.54) is 11.3 Å². The Labute approximate surface area is 171 Å². The Morgan fingerprint density at radius 2 is 2.14 bits per heavy atom. The zero-order valence-electron chi connectivity index (χ0n) is 15.5. The monoisotopic (exact) mass is 408 g/mol. The molecule has 0 spiro atoms. The van der Waals surface area contributed by atoms with E-state index >= 15 is 0 Å². The molecule has 0 saturated carbocycles. The van der Waals surface area contributed by atoms with E-state index < -0.39 is 0 Å². The summed E-state index contributed by atoms with van der Waals surface area (Å²) in [6, 6.07) is 10.1. The Balaban J connectivity index is 1.38. The first kappa shape index (κ1) is 17.6. The largest absolute Gasteiger partial charge is 0.342 e. The quantitative estimate of drug-likeness (QED) is 0.514. The summed E-state index contributed by atoms with van der Waals surface area (Å²) in [5, 5.41) is 5.04. The third kappa shape index (κ3) is 3.14. The Morgan fingerprint density at radius 3 is 2.96 bits per heavy atom. The molecule has 28 heavy (non-hydrogen) atoms. The molecule has 1 amide bonds. The number of fused-ring (bicyclic) bond motifs is 1. The Kier molecular flexibility index (Phi) is 4.49. The van der Waals surface area contributed by atoms with E-state index in [-0.39, 0.29) is 11.8 Å². The molecule has 1 saturated heterocycles. The molecule has 0 radical (unpaired) electrons. The first-order valence-electron chi connectivity index (χ1n) is 9.43. The van der Waals surface area contributed by atoms with Crippen LogP contribution in [0.15, 0.2) is 41.1 Å². The number of rotatable bonds is 3. The summed E-state index contributed by atoms with van der Waals surface area (Å²) in [6.45, 7) is 3.42. The molecule has 1 unspecified atom stereocenters. The molecule has 0 bridgehead atoms. The van der Waals surface area contributed by atoms with Crippen molar-refractivity contribution >= 4 is 39.6 Å². The Hall–Kier alpha value is -2.51. The van der Waals surface area contributed by atoms with Crippen LogP contribution in [0.1, 0.15) is 39.9 Å². The van der Waals surface area contributed by atoms with Crippen LogP contribution in [-0.4, -0.2) is 38.8 Å². The summed E-state index contributed by atoms with van der Waals surface area (Å²) in [5.41, 5.74) is 3.96. The van der Waals surface area contributed by atoms with E-state index in [2.05, 4.69) is 21.4 Å². The van der Waals surface area contributed by atoms with Gasteiger partial charge in [0.25, 0.3) is 5.91 Å². The molecule has 4 aromatic rings. The van der Waals surface area contributed by atoms with Gasteiger partial charge >= 0.3 is 0 Å². The lowest BCUT2D eigenvalue weighted by atomic mass is 9.97. The van der Waals surface area contributed by atoms with Gasteiger partial charge in [-0.05, 0) is 43.3 Å². The number of piperidine rings is 1. The molecule has 142 valence electrons. The van der Waals surface area contributed by atoms with E-state index in [4.69, 9.17) is 4.98 Å². The van der Waals surface area contributed by atoms with Gasteiger partial charge < -0.3 is 9.88 Å². The van der Waals surface area contributed by atoms with Crippen LogP contribution < -0.4 is 0 Å². The number of carbonyl (C=O) groups excluding carboxylic acids is 1. The molecule has 3 aromatic heterocycles. The standard InChI is InChI=1S/C21H20N4OS2/c1-13-18(28-20(22-13)15-8-10-27-12-15)21(26)25-9-4-5-14(11-25)19-23-16-6-2-3-7-17(16)24-19/h2-3,6-8,10,12,14H,4-5,9,11H2,1H3,(H,23,24). The summed E-state index contributed by atoms with van der Waals surface area (Å²) < 4.78 is 0. The third-order valence-corrected chi connectivity index (χ3v) is 7.14. The minimum Gasteiger partial charge on any atom is -0.342 e. The maximum absolute atomic E-state index is 13.2. The SMILES string of the molecule is Cc1nc(-c2ccsc2)sc1C(=O)N1CCCC(c2nc3ccccc3[nH]2)C1. The number of para-hydroxylation sites is 2. The van der Waals surface area contributed by atoms with Gasteiger partial charge in [-0.1, -0.05) is 12.1 Å². The van der Waals surface area contributed by atoms with Crippen LogP contribution in [-0.2, 0) is 0 Å². The van der Waals surface area contributed by atoms with Crippen molar-refractivity contribution in [2.24, 2.45) is 0 Å². The Bertz CT molecular complexity index is 1100. The van der Waals surface area contributed by atoms with Crippen LogP contribution >= 0.6 is 22.7 Å². The Morgan fingerprint density at radius 1 is 1.25 bits per heavy atom. The molecule has 1 aliphatic rings. The van der Waals surface area contributed by atoms with Crippen LogP contribution in [0, 0.1) is 6.92 Å². The molecule has 5 rings (SSSR count). The smallest absolute Gasteiger partial charge is 0.265 e. The molecular formula is C21H20N4OS2. The highest BCUT2D eigenvalue weighted by molar-refractivity contribution is 7.17. The fourth-order valence-corrected chi connectivity index (χ4v) is 5.54. The van der Waals surface area contributed by atoms with E-state index in [0.717, 1.165) is 57.4 Å². The van der Waals surface area contributed by atoms with Crippen molar-refractivity contribution in [3.8, 4) is 10.6 Å². The van der Waals surface area contributed by atoms with Gasteiger partial charge in [0.2, 0.25) is 0 Å². The fraction of sp³-hybridized carbons (Fsp3) is 0.286. The van der Waals surface area contributed by atoms with Crippen LogP contribution in [0.5, 0.6) is 0 Å². The van der Waals surface area contributed by atoms with Gasteiger partial charge in [0.1, 0.15) is 15.7 Å². The van der Waals surface area contributed by atoms with Crippen LogP contribution in [0.4, 0.5) is 0 Å². The topological polar surface area (TPSA) is 61.9 Å². The van der Waals surface area contributed by atoms with E-state index in [9.17, 15) is 4.79 Å². The second-order valence-electron chi connectivity index (χ2n) is 7.18. The summed E-state index contributed by atoms with van der Waals surface area (Å²) >= 11 is 3.15. The third-order valence-electron chi connectivity index (χ3n) is 5.26. The average molecular weight is 409 g/mol. The number of aryl methyl sites for hydroxylation is 1. The van der Waals surface area contributed by atoms with Crippen molar-refractivity contribution in [1.29, 1.82) is 0 Å². The number of aromatic nitrogens is 3. The number of nitrogens with one attached hydrogen (secondary N) is 1.